The molecule has 2 saturated heterocycles. The molecule has 8 heteroatoms. The van der Waals surface area contributed by atoms with Gasteiger partial charge in [-0.05, 0) is 73.4 Å². The van der Waals surface area contributed by atoms with E-state index in [-0.39, 0.29) is 46.7 Å². The molecule has 266 valence electrons. The van der Waals surface area contributed by atoms with Crippen LogP contribution in [0.15, 0.2) is 24.3 Å². The molecule has 1 aromatic carbocycles. The van der Waals surface area contributed by atoms with Crippen LogP contribution in [0.25, 0.3) is 0 Å². The number of hydrogen-bond donors (Lipinski definition) is 0. The zero-order chi connectivity index (χ0) is 34.2. The Kier molecular flexibility index (Phi) is 14.7. The molecule has 46 heavy (non-hydrogen) atoms. The number of ether oxygens (including phenoxy) is 4. The first-order chi connectivity index (χ1) is 21.5. The molecular weight excluding hydrogens is 609 g/mol. The second-order valence-electron chi connectivity index (χ2n) is 17.0. The van der Waals surface area contributed by atoms with Gasteiger partial charge in [-0.25, -0.2) is 0 Å². The van der Waals surface area contributed by atoms with E-state index in [1.807, 2.05) is 24.3 Å². The Morgan fingerprint density at radius 2 is 0.957 bits per heavy atom. The van der Waals surface area contributed by atoms with Crippen LogP contribution in [-0.4, -0.2) is 66.5 Å². The minimum atomic E-state index is -1.88. The predicted molar refractivity (Wildman–Crippen MR) is 196 cm³/mol. The highest BCUT2D eigenvalue weighted by molar-refractivity contribution is 6.74. The lowest BCUT2D eigenvalue weighted by atomic mass is 10.1. The molecule has 0 bridgehead atoms. The maximum Gasteiger partial charge on any atom is 0.192 e. The smallest absolute Gasteiger partial charge is 0.192 e. The van der Waals surface area contributed by atoms with Crippen LogP contribution in [0.1, 0.15) is 120 Å². The fourth-order valence-electron chi connectivity index (χ4n) is 5.88. The van der Waals surface area contributed by atoms with Crippen molar-refractivity contribution in [1.29, 1.82) is 0 Å². The lowest BCUT2D eigenvalue weighted by Crippen LogP contribution is -2.45. The molecule has 0 amide bonds. The largest absolute Gasteiger partial charge is 0.491 e. The van der Waals surface area contributed by atoms with Gasteiger partial charge in [0.15, 0.2) is 16.6 Å². The summed E-state index contributed by atoms with van der Waals surface area (Å²) in [5.74, 6) is 1.67. The highest BCUT2D eigenvalue weighted by Crippen LogP contribution is 2.42. The zero-order valence-corrected chi connectivity index (χ0v) is 33.7. The third-order valence-corrected chi connectivity index (χ3v) is 19.9. The van der Waals surface area contributed by atoms with E-state index < -0.39 is 16.6 Å². The van der Waals surface area contributed by atoms with Crippen LogP contribution >= 0.6 is 0 Å². The van der Waals surface area contributed by atoms with Crippen molar-refractivity contribution in [2.24, 2.45) is 0 Å². The Balaban J connectivity index is 1.51. The fraction of sp³-hybridized carbons (Fsp3) is 0.842. The quantitative estimate of drug-likeness (QED) is 0.114. The van der Waals surface area contributed by atoms with Crippen molar-refractivity contribution < 1.29 is 27.8 Å². The first-order valence-corrected chi connectivity index (χ1v) is 24.3. The van der Waals surface area contributed by atoms with Crippen LogP contribution in [0.2, 0.25) is 36.3 Å². The Labute approximate surface area is 285 Å². The molecule has 0 radical (unpaired) electrons. The third kappa shape index (κ3) is 11.6. The average molecular weight is 679 g/mol. The van der Waals surface area contributed by atoms with Crippen molar-refractivity contribution in [2.45, 2.75) is 192 Å². The van der Waals surface area contributed by atoms with Gasteiger partial charge in [0.05, 0.1) is 36.6 Å². The van der Waals surface area contributed by atoms with Gasteiger partial charge in [-0.2, -0.15) is 0 Å². The molecule has 0 aromatic heterocycles. The van der Waals surface area contributed by atoms with Crippen molar-refractivity contribution in [1.82, 2.24) is 0 Å². The van der Waals surface area contributed by atoms with Gasteiger partial charge in [0.25, 0.3) is 0 Å². The molecule has 6 nitrogen and oxygen atoms in total. The summed E-state index contributed by atoms with van der Waals surface area (Å²) < 4.78 is 39.3. The van der Waals surface area contributed by atoms with E-state index in [1.165, 1.54) is 38.5 Å². The van der Waals surface area contributed by atoms with Gasteiger partial charge in [0, 0.05) is 12.8 Å². The van der Waals surface area contributed by atoms with E-state index in [1.54, 1.807) is 0 Å². The van der Waals surface area contributed by atoms with Crippen molar-refractivity contribution in [3.63, 3.8) is 0 Å². The van der Waals surface area contributed by atoms with Crippen LogP contribution in [0.4, 0.5) is 0 Å². The van der Waals surface area contributed by atoms with E-state index >= 15 is 0 Å². The minimum absolute atomic E-state index is 0.0450. The molecule has 0 aliphatic carbocycles. The summed E-state index contributed by atoms with van der Waals surface area (Å²) in [6.07, 6.45) is 11.9. The standard InChI is InChI=1S/C38H70O6Si2/c1-13-15-17-19-33-35(43-45(9,10)37(3,4)5)25-31(41-33)27-39-29-21-23-30(24-22-29)40-28-32-26-36(34(42-32)20-18-16-14-2)44-46(11,12)38(6,7)8/h21-24,31-36H,13-20,25-28H2,1-12H3/t31-,32-,33+,34+,35+,36+/m1/s1. The first-order valence-electron chi connectivity index (χ1n) is 18.5. The van der Waals surface area contributed by atoms with Crippen LogP contribution in [-0.2, 0) is 18.3 Å². The van der Waals surface area contributed by atoms with Crippen LogP contribution < -0.4 is 9.47 Å². The number of benzene rings is 1. The molecule has 3 rings (SSSR count). The van der Waals surface area contributed by atoms with Gasteiger partial charge in [-0.1, -0.05) is 93.9 Å². The van der Waals surface area contributed by atoms with Gasteiger partial charge in [-0.15, -0.1) is 0 Å². The SMILES string of the molecule is CCCCC[C@@H]1O[C@@H](COc2ccc(OC[C@H]3C[C@H](O[Si](C)(C)C(C)(C)C)[C@H](CCCCC)O3)cc2)C[C@@H]1O[Si](C)(C)C(C)(C)C. The van der Waals surface area contributed by atoms with Crippen LogP contribution in [0, 0.1) is 0 Å². The molecule has 2 fully saturated rings. The van der Waals surface area contributed by atoms with E-state index in [2.05, 4.69) is 81.6 Å². The summed E-state index contributed by atoms with van der Waals surface area (Å²) in [5, 5.41) is 0.361. The molecule has 0 unspecified atom stereocenters. The highest BCUT2D eigenvalue weighted by atomic mass is 28.4. The molecule has 6 atom stereocenters. The summed E-state index contributed by atoms with van der Waals surface area (Å²) in [4.78, 5) is 0. The number of rotatable bonds is 18. The fourth-order valence-corrected chi connectivity index (χ4v) is 8.60. The Morgan fingerprint density at radius 3 is 1.26 bits per heavy atom. The lowest BCUT2D eigenvalue weighted by Gasteiger charge is -2.39. The highest BCUT2D eigenvalue weighted by Gasteiger charge is 2.46. The minimum Gasteiger partial charge on any atom is -0.491 e. The zero-order valence-electron chi connectivity index (χ0n) is 31.7. The van der Waals surface area contributed by atoms with Gasteiger partial charge < -0.3 is 27.8 Å². The molecule has 2 aliphatic heterocycles. The van der Waals surface area contributed by atoms with E-state index in [0.717, 1.165) is 37.2 Å². The van der Waals surface area contributed by atoms with E-state index in [9.17, 15) is 0 Å². The Hall–Kier alpha value is -0.906. The summed E-state index contributed by atoms with van der Waals surface area (Å²) >= 11 is 0. The average Bonchev–Trinajstić information content (AvgIpc) is 3.52. The normalized spacial score (nSPS) is 26.1. The van der Waals surface area contributed by atoms with Crippen molar-refractivity contribution in [2.75, 3.05) is 13.2 Å². The van der Waals surface area contributed by atoms with Gasteiger partial charge in [-0.3, -0.25) is 0 Å². The summed E-state index contributed by atoms with van der Waals surface area (Å²) in [6, 6.07) is 8.00. The molecule has 1 aromatic rings. The Morgan fingerprint density at radius 1 is 0.609 bits per heavy atom. The second-order valence-corrected chi connectivity index (χ2v) is 26.5. The van der Waals surface area contributed by atoms with Gasteiger partial charge in [0.2, 0.25) is 0 Å². The monoisotopic (exact) mass is 678 g/mol. The van der Waals surface area contributed by atoms with Crippen molar-refractivity contribution in [3.05, 3.63) is 24.3 Å². The molecule has 2 aliphatic rings. The predicted octanol–water partition coefficient (Wildman–Crippen LogP) is 10.7. The number of unbranched alkanes of at least 4 members (excludes halogenated alkanes) is 4. The topological polar surface area (TPSA) is 55.4 Å². The molecule has 0 spiro atoms. The van der Waals surface area contributed by atoms with Crippen molar-refractivity contribution >= 4 is 16.6 Å². The molecule has 2 heterocycles. The third-order valence-electron chi connectivity index (χ3n) is 10.9. The number of hydrogen-bond acceptors (Lipinski definition) is 6. The van der Waals surface area contributed by atoms with E-state index in [4.69, 9.17) is 27.8 Å². The van der Waals surface area contributed by atoms with Gasteiger partial charge in [0.1, 0.15) is 24.7 Å². The Bertz CT molecular complexity index is 935. The maximum atomic E-state index is 6.88. The summed E-state index contributed by atoms with van der Waals surface area (Å²) in [5.41, 5.74) is 0. The summed E-state index contributed by atoms with van der Waals surface area (Å²) in [6.45, 7) is 28.8. The lowest BCUT2D eigenvalue weighted by molar-refractivity contribution is -0.00849. The molecular formula is C38H70O6Si2. The summed E-state index contributed by atoms with van der Waals surface area (Å²) in [7, 11) is -3.77. The van der Waals surface area contributed by atoms with Crippen LogP contribution in [0.3, 0.4) is 0 Å². The van der Waals surface area contributed by atoms with Crippen LogP contribution in [0.5, 0.6) is 11.5 Å². The first kappa shape index (κ1) is 39.5. The van der Waals surface area contributed by atoms with Gasteiger partial charge >= 0.3 is 0 Å². The van der Waals surface area contributed by atoms with E-state index in [0.29, 0.717) is 13.2 Å². The molecule has 0 saturated carbocycles. The second kappa shape index (κ2) is 17.2. The maximum absolute atomic E-state index is 6.88. The van der Waals surface area contributed by atoms with Crippen molar-refractivity contribution in [3.8, 4) is 11.5 Å². The molecule has 0 N–H and O–H groups in total.